The molecule has 2 heterocycles. The first-order valence-corrected chi connectivity index (χ1v) is 8.35. The molecule has 0 aliphatic carbocycles. The molecule has 7 heteroatoms. The Morgan fingerprint density at radius 1 is 1.29 bits per heavy atom. The van der Waals surface area contributed by atoms with Gasteiger partial charge in [-0.15, -0.1) is 21.5 Å². The minimum atomic E-state index is 0.992. The van der Waals surface area contributed by atoms with Gasteiger partial charge in [0.05, 0.1) is 8.66 Å². The molecule has 2 aromatic heterocycles. The van der Waals surface area contributed by atoms with Gasteiger partial charge in [-0.3, -0.25) is 0 Å². The Morgan fingerprint density at radius 3 is 2.76 bits per heavy atom. The molecule has 0 bridgehead atoms. The van der Waals surface area contributed by atoms with Crippen LogP contribution in [0.3, 0.4) is 0 Å². The third-order valence-electron chi connectivity index (χ3n) is 2.14. The molecule has 1 N–H and O–H groups in total. The molecule has 0 saturated carbocycles. The number of nitrogens with zero attached hydrogens (tertiary/aromatic N) is 2. The fourth-order valence-electron chi connectivity index (χ4n) is 1.32. The van der Waals surface area contributed by atoms with Crippen LogP contribution in [0.1, 0.15) is 11.4 Å². The number of thiophene rings is 1. The monoisotopic (exact) mass is 395 g/mol. The topological polar surface area (TPSA) is 37.8 Å². The van der Waals surface area contributed by atoms with Crippen molar-refractivity contribution in [3.63, 3.8) is 0 Å². The van der Waals surface area contributed by atoms with E-state index < -0.39 is 0 Å². The van der Waals surface area contributed by atoms with Gasteiger partial charge in [-0.1, -0.05) is 11.3 Å². The quantitative estimate of drug-likeness (QED) is 0.777. The molecule has 0 fully saturated rings. The molecule has 0 spiro atoms. The third-order valence-corrected chi connectivity index (χ3v) is 6.55. The van der Waals surface area contributed by atoms with Crippen LogP contribution in [-0.4, -0.2) is 23.8 Å². The van der Waals surface area contributed by atoms with E-state index in [0.717, 1.165) is 42.5 Å². The second kappa shape index (κ2) is 6.38. The maximum Gasteiger partial charge on any atom is 0.157 e. The lowest BCUT2D eigenvalue weighted by molar-refractivity contribution is 0.718. The lowest BCUT2D eigenvalue weighted by Crippen LogP contribution is -2.08. The van der Waals surface area contributed by atoms with E-state index in [4.69, 9.17) is 0 Å². The molecule has 0 amide bonds. The van der Waals surface area contributed by atoms with Crippen LogP contribution in [-0.2, 0) is 6.42 Å². The summed E-state index contributed by atoms with van der Waals surface area (Å²) in [6, 6.07) is 2.08. The van der Waals surface area contributed by atoms with E-state index in [0.29, 0.717) is 0 Å². The van der Waals surface area contributed by atoms with E-state index in [1.165, 1.54) is 0 Å². The Morgan fingerprint density at radius 2 is 2.12 bits per heavy atom. The van der Waals surface area contributed by atoms with Crippen LogP contribution in [0.15, 0.2) is 14.3 Å². The van der Waals surface area contributed by atoms with Crippen molar-refractivity contribution >= 4 is 54.5 Å². The second-order valence-corrected chi connectivity index (χ2v) is 7.73. The van der Waals surface area contributed by atoms with Gasteiger partial charge in [0.25, 0.3) is 0 Å². The van der Waals surface area contributed by atoms with Crippen LogP contribution >= 0.6 is 54.5 Å². The maximum absolute atomic E-state index is 4.24. The molecule has 17 heavy (non-hydrogen) atoms. The fourth-order valence-corrected chi connectivity index (χ4v) is 4.28. The molecule has 0 saturated heterocycles. The first kappa shape index (κ1) is 13.6. The highest BCUT2D eigenvalue weighted by Gasteiger charge is 2.11. The van der Waals surface area contributed by atoms with E-state index in [9.17, 15) is 0 Å². The molecule has 0 aromatic carbocycles. The largest absolute Gasteiger partial charge is 0.320 e. The normalized spacial score (nSPS) is 11.0. The average Bonchev–Trinajstić information content (AvgIpc) is 2.88. The number of aryl methyl sites for hydroxylation is 1. The maximum atomic E-state index is 4.24. The summed E-state index contributed by atoms with van der Waals surface area (Å²) < 4.78 is 2.17. The summed E-state index contributed by atoms with van der Waals surface area (Å²) in [6.07, 6.45) is 2.09. The molecular weight excluding hydrogens is 386 g/mol. The lowest BCUT2D eigenvalue weighted by atomic mass is 10.3. The van der Waals surface area contributed by atoms with Crippen molar-refractivity contribution in [2.75, 3.05) is 13.6 Å². The molecule has 0 atom stereocenters. The van der Waals surface area contributed by atoms with Gasteiger partial charge in [0.2, 0.25) is 0 Å². The van der Waals surface area contributed by atoms with Gasteiger partial charge in [-0.05, 0) is 57.9 Å². The Kier molecular flexibility index (Phi) is 5.10. The number of nitrogens with one attached hydrogen (secondary N) is 1. The van der Waals surface area contributed by atoms with Crippen molar-refractivity contribution in [1.82, 2.24) is 15.5 Å². The van der Waals surface area contributed by atoms with Gasteiger partial charge < -0.3 is 5.32 Å². The van der Waals surface area contributed by atoms with Gasteiger partial charge in [-0.2, -0.15) is 0 Å². The lowest BCUT2D eigenvalue weighted by Gasteiger charge is -1.94. The summed E-state index contributed by atoms with van der Waals surface area (Å²) >= 11 is 10.3. The smallest absolute Gasteiger partial charge is 0.157 e. The minimum absolute atomic E-state index is 0.992. The van der Waals surface area contributed by atoms with E-state index in [1.54, 1.807) is 22.7 Å². The van der Waals surface area contributed by atoms with Crippen molar-refractivity contribution in [2.45, 2.75) is 12.8 Å². The van der Waals surface area contributed by atoms with Crippen LogP contribution in [0, 0.1) is 0 Å². The second-order valence-electron chi connectivity index (χ2n) is 3.44. The van der Waals surface area contributed by atoms with Gasteiger partial charge in [0.15, 0.2) is 5.01 Å². The Bertz CT molecular complexity index is 476. The SMILES string of the molecule is CNCCCc1nnc(-c2cc(Br)c(Br)s2)s1. The zero-order valence-corrected chi connectivity index (χ0v) is 14.0. The molecule has 3 nitrogen and oxygen atoms in total. The third kappa shape index (κ3) is 3.57. The summed E-state index contributed by atoms with van der Waals surface area (Å²) in [5.74, 6) is 0. The first-order valence-electron chi connectivity index (χ1n) is 5.13. The van der Waals surface area contributed by atoms with E-state index in [-0.39, 0.29) is 0 Å². The molecule has 2 aromatic rings. The van der Waals surface area contributed by atoms with E-state index in [1.807, 2.05) is 7.05 Å². The Balaban J connectivity index is 2.07. The summed E-state index contributed by atoms with van der Waals surface area (Å²) in [5, 5.41) is 13.7. The van der Waals surface area contributed by atoms with Crippen molar-refractivity contribution < 1.29 is 0 Å². The summed E-state index contributed by atoms with van der Waals surface area (Å²) in [7, 11) is 1.96. The van der Waals surface area contributed by atoms with Crippen LogP contribution in [0.2, 0.25) is 0 Å². The van der Waals surface area contributed by atoms with Gasteiger partial charge >= 0.3 is 0 Å². The first-order chi connectivity index (χ1) is 8.20. The van der Waals surface area contributed by atoms with Crippen molar-refractivity contribution in [3.8, 4) is 9.88 Å². The van der Waals surface area contributed by atoms with Crippen molar-refractivity contribution in [2.24, 2.45) is 0 Å². The molecule has 0 unspecified atom stereocenters. The van der Waals surface area contributed by atoms with Crippen LogP contribution in [0.4, 0.5) is 0 Å². The van der Waals surface area contributed by atoms with Crippen LogP contribution in [0.5, 0.6) is 0 Å². The van der Waals surface area contributed by atoms with Gasteiger partial charge in [-0.25, -0.2) is 0 Å². The van der Waals surface area contributed by atoms with E-state index >= 15 is 0 Å². The number of halogens is 2. The fraction of sp³-hybridized carbons (Fsp3) is 0.400. The molecule has 92 valence electrons. The summed E-state index contributed by atoms with van der Waals surface area (Å²) in [6.45, 7) is 1.02. The highest BCUT2D eigenvalue weighted by Crippen LogP contribution is 2.39. The molecule has 0 aliphatic heterocycles. The van der Waals surface area contributed by atoms with Gasteiger partial charge in [0, 0.05) is 10.9 Å². The summed E-state index contributed by atoms with van der Waals surface area (Å²) in [4.78, 5) is 1.15. The number of hydrogen-bond acceptors (Lipinski definition) is 5. The number of aromatic nitrogens is 2. The highest BCUT2D eigenvalue weighted by molar-refractivity contribution is 9.13. The zero-order chi connectivity index (χ0) is 12.3. The van der Waals surface area contributed by atoms with Crippen LogP contribution < -0.4 is 5.32 Å². The molecule has 0 aliphatic rings. The Labute approximate surface area is 125 Å². The van der Waals surface area contributed by atoms with Crippen LogP contribution in [0.25, 0.3) is 9.88 Å². The van der Waals surface area contributed by atoms with Crippen molar-refractivity contribution in [3.05, 3.63) is 19.3 Å². The molecule has 2 rings (SSSR count). The Hall–Kier alpha value is 0.180. The summed E-state index contributed by atoms with van der Waals surface area (Å²) in [5.41, 5.74) is 0. The molecule has 0 radical (unpaired) electrons. The van der Waals surface area contributed by atoms with Crippen molar-refractivity contribution in [1.29, 1.82) is 0 Å². The van der Waals surface area contributed by atoms with E-state index in [2.05, 4.69) is 53.4 Å². The number of hydrogen-bond donors (Lipinski definition) is 1. The minimum Gasteiger partial charge on any atom is -0.320 e. The van der Waals surface area contributed by atoms with Gasteiger partial charge in [0.1, 0.15) is 5.01 Å². The standard InChI is InChI=1S/C10H11Br2N3S2/c1-13-4-2-3-8-14-15-10(17-8)7-5-6(11)9(12)16-7/h5,13H,2-4H2,1H3. The molecular formula is C10H11Br2N3S2. The highest BCUT2D eigenvalue weighted by atomic mass is 79.9. The predicted molar refractivity (Wildman–Crippen MR) is 80.9 cm³/mol. The predicted octanol–water partition coefficient (Wildman–Crippen LogP) is 3.94. The average molecular weight is 397 g/mol. The number of rotatable bonds is 5. The zero-order valence-electron chi connectivity index (χ0n) is 9.17.